The van der Waals surface area contributed by atoms with E-state index < -0.39 is 12.0 Å². The Labute approximate surface area is 182 Å². The van der Waals surface area contributed by atoms with Crippen LogP contribution in [0, 0.1) is 0 Å². The summed E-state index contributed by atoms with van der Waals surface area (Å²) in [6.45, 7) is 2.79. The van der Waals surface area contributed by atoms with Crippen LogP contribution < -0.4 is 0 Å². The summed E-state index contributed by atoms with van der Waals surface area (Å²) in [6, 6.07) is 18.5. The standard InChI is InChI=1S/C22H21BrN2O3S/c1-2-28-22(27)19(20(26)21-24-18(23)15-29-21)25(13-16-9-5-3-6-10-16)14-17-11-7-4-8-12-17/h3-12,15,19H,2,13-14H2,1H3. The quantitative estimate of drug-likeness (QED) is 0.256. The van der Waals surface area contributed by atoms with Crippen LogP contribution in [0.5, 0.6) is 0 Å². The minimum absolute atomic E-state index is 0.203. The third-order valence-electron chi connectivity index (χ3n) is 4.27. The highest BCUT2D eigenvalue weighted by Gasteiger charge is 2.36. The molecule has 3 aromatic rings. The Morgan fingerprint density at radius 1 is 1.03 bits per heavy atom. The maximum absolute atomic E-state index is 13.3. The zero-order valence-electron chi connectivity index (χ0n) is 16.0. The monoisotopic (exact) mass is 472 g/mol. The minimum atomic E-state index is -1.08. The highest BCUT2D eigenvalue weighted by atomic mass is 79.9. The SMILES string of the molecule is CCOC(=O)C(C(=O)c1nc(Br)cs1)N(Cc1ccccc1)Cc1ccccc1. The number of carbonyl (C=O) groups is 2. The van der Waals surface area contributed by atoms with Crippen molar-refractivity contribution >= 4 is 39.0 Å². The molecule has 0 aliphatic heterocycles. The molecule has 29 heavy (non-hydrogen) atoms. The molecule has 0 spiro atoms. The van der Waals surface area contributed by atoms with Crippen molar-refractivity contribution in [1.29, 1.82) is 0 Å². The Morgan fingerprint density at radius 2 is 1.59 bits per heavy atom. The van der Waals surface area contributed by atoms with Crippen molar-refractivity contribution in [2.24, 2.45) is 0 Å². The van der Waals surface area contributed by atoms with Gasteiger partial charge in [-0.2, -0.15) is 0 Å². The lowest BCUT2D eigenvalue weighted by atomic mass is 10.1. The van der Waals surface area contributed by atoms with Crippen LogP contribution in [0.3, 0.4) is 0 Å². The Morgan fingerprint density at radius 3 is 2.03 bits per heavy atom. The van der Waals surface area contributed by atoms with Crippen LogP contribution >= 0.6 is 27.3 Å². The van der Waals surface area contributed by atoms with E-state index in [1.165, 1.54) is 11.3 Å². The molecule has 7 heteroatoms. The summed E-state index contributed by atoms with van der Waals surface area (Å²) < 4.78 is 5.85. The maximum Gasteiger partial charge on any atom is 0.331 e. The molecule has 5 nitrogen and oxygen atoms in total. The lowest BCUT2D eigenvalue weighted by Gasteiger charge is -2.29. The van der Waals surface area contributed by atoms with Gasteiger partial charge in [0.25, 0.3) is 0 Å². The normalized spacial score (nSPS) is 12.0. The summed E-state index contributed by atoms with van der Waals surface area (Å²) in [5.74, 6) is -0.915. The van der Waals surface area contributed by atoms with Gasteiger partial charge < -0.3 is 4.74 Å². The molecule has 0 saturated heterocycles. The predicted octanol–water partition coefficient (Wildman–Crippen LogP) is 4.72. The zero-order chi connectivity index (χ0) is 20.6. The first-order chi connectivity index (χ1) is 14.1. The number of carbonyl (C=O) groups excluding carboxylic acids is 2. The molecule has 1 aromatic heterocycles. The van der Waals surface area contributed by atoms with Gasteiger partial charge in [0.15, 0.2) is 11.0 Å². The summed E-state index contributed by atoms with van der Waals surface area (Å²) in [6.07, 6.45) is 0. The van der Waals surface area contributed by atoms with Crippen molar-refractivity contribution in [3.05, 3.63) is 86.8 Å². The van der Waals surface area contributed by atoms with Crippen LogP contribution in [0.2, 0.25) is 0 Å². The third-order valence-corrected chi connectivity index (χ3v) is 5.83. The van der Waals surface area contributed by atoms with Crippen molar-refractivity contribution in [1.82, 2.24) is 9.88 Å². The van der Waals surface area contributed by atoms with Crippen molar-refractivity contribution in [2.75, 3.05) is 6.61 Å². The first kappa shape index (κ1) is 21.4. The topological polar surface area (TPSA) is 59.5 Å². The maximum atomic E-state index is 13.3. The van der Waals surface area contributed by atoms with Crippen LogP contribution in [0.4, 0.5) is 0 Å². The molecule has 0 amide bonds. The van der Waals surface area contributed by atoms with Crippen LogP contribution in [0.15, 0.2) is 70.6 Å². The molecule has 0 aliphatic carbocycles. The van der Waals surface area contributed by atoms with Gasteiger partial charge in [-0.3, -0.25) is 9.69 Å². The van der Waals surface area contributed by atoms with Crippen molar-refractivity contribution in [3.63, 3.8) is 0 Å². The number of hydrogen-bond acceptors (Lipinski definition) is 6. The van der Waals surface area contributed by atoms with Gasteiger partial charge in [-0.25, -0.2) is 9.78 Å². The molecule has 0 saturated carbocycles. The number of Topliss-reactive ketones (excluding diaryl/α,β-unsaturated/α-hetero) is 1. The number of thiazole rings is 1. The second kappa shape index (κ2) is 10.4. The van der Waals surface area contributed by atoms with Crippen LogP contribution in [-0.4, -0.2) is 34.3 Å². The molecule has 2 aromatic carbocycles. The summed E-state index contributed by atoms with van der Waals surface area (Å²) in [7, 11) is 0. The van der Waals surface area contributed by atoms with E-state index >= 15 is 0 Å². The van der Waals surface area contributed by atoms with Gasteiger partial charge in [-0.1, -0.05) is 60.7 Å². The average molecular weight is 473 g/mol. The summed E-state index contributed by atoms with van der Waals surface area (Å²) >= 11 is 4.49. The van der Waals surface area contributed by atoms with Gasteiger partial charge in [0.1, 0.15) is 4.60 Å². The van der Waals surface area contributed by atoms with Crippen molar-refractivity contribution < 1.29 is 14.3 Å². The molecule has 0 radical (unpaired) electrons. The number of rotatable bonds is 9. The van der Waals surface area contributed by atoms with E-state index in [-0.39, 0.29) is 17.4 Å². The number of benzene rings is 2. The Kier molecular flexibility index (Phi) is 7.69. The molecular formula is C22H21BrN2O3S. The number of hydrogen-bond donors (Lipinski definition) is 0. The first-order valence-electron chi connectivity index (χ1n) is 9.22. The van der Waals surface area contributed by atoms with Crippen molar-refractivity contribution in [2.45, 2.75) is 26.1 Å². The third kappa shape index (κ3) is 5.82. The van der Waals surface area contributed by atoms with Crippen LogP contribution in [0.1, 0.15) is 27.9 Å². The number of aromatic nitrogens is 1. The number of halogens is 1. The van der Waals surface area contributed by atoms with Gasteiger partial charge in [0.2, 0.25) is 5.78 Å². The van der Waals surface area contributed by atoms with Gasteiger partial charge in [0.05, 0.1) is 6.61 Å². The first-order valence-corrected chi connectivity index (χ1v) is 10.9. The average Bonchev–Trinajstić information content (AvgIpc) is 3.16. The Balaban J connectivity index is 1.97. The second-order valence-corrected chi connectivity index (χ2v) is 8.04. The van der Waals surface area contributed by atoms with Gasteiger partial charge in [-0.05, 0) is 34.0 Å². The molecule has 0 N–H and O–H groups in total. The van der Waals surface area contributed by atoms with E-state index in [4.69, 9.17) is 4.74 Å². The van der Waals surface area contributed by atoms with E-state index in [1.807, 2.05) is 65.6 Å². The van der Waals surface area contributed by atoms with Gasteiger partial charge in [-0.15, -0.1) is 11.3 Å². The molecule has 1 heterocycles. The van der Waals surface area contributed by atoms with E-state index in [2.05, 4.69) is 20.9 Å². The summed E-state index contributed by atoms with van der Waals surface area (Å²) in [5, 5.41) is 2.01. The Hall–Kier alpha value is -2.35. The number of ketones is 1. The molecule has 0 bridgehead atoms. The van der Waals surface area contributed by atoms with Gasteiger partial charge >= 0.3 is 5.97 Å². The van der Waals surface area contributed by atoms with E-state index in [1.54, 1.807) is 12.3 Å². The van der Waals surface area contributed by atoms with Crippen LogP contribution in [0.25, 0.3) is 0 Å². The molecule has 1 atom stereocenters. The second-order valence-electron chi connectivity index (χ2n) is 6.37. The summed E-state index contributed by atoms with van der Waals surface area (Å²) in [5.41, 5.74) is 2.01. The zero-order valence-corrected chi connectivity index (χ0v) is 18.4. The predicted molar refractivity (Wildman–Crippen MR) is 117 cm³/mol. The lowest BCUT2D eigenvalue weighted by Crippen LogP contribution is -2.47. The fourth-order valence-electron chi connectivity index (χ4n) is 3.00. The molecule has 0 aliphatic rings. The van der Waals surface area contributed by atoms with E-state index in [9.17, 15) is 9.59 Å². The Bertz CT molecular complexity index is 905. The number of nitrogens with zero attached hydrogens (tertiary/aromatic N) is 2. The van der Waals surface area contributed by atoms with E-state index in [0.717, 1.165) is 11.1 Å². The molecule has 150 valence electrons. The number of ether oxygens (including phenoxy) is 1. The van der Waals surface area contributed by atoms with Crippen LogP contribution in [-0.2, 0) is 22.6 Å². The minimum Gasteiger partial charge on any atom is -0.464 e. The molecular weight excluding hydrogens is 452 g/mol. The summed E-state index contributed by atoms with van der Waals surface area (Å²) in [4.78, 5) is 32.2. The molecule has 0 fully saturated rings. The molecule has 3 rings (SSSR count). The highest BCUT2D eigenvalue weighted by molar-refractivity contribution is 9.10. The molecule has 1 unspecified atom stereocenters. The lowest BCUT2D eigenvalue weighted by molar-refractivity contribution is -0.148. The smallest absolute Gasteiger partial charge is 0.331 e. The highest BCUT2D eigenvalue weighted by Crippen LogP contribution is 2.22. The fraction of sp³-hybridized carbons (Fsp3) is 0.227. The largest absolute Gasteiger partial charge is 0.464 e. The van der Waals surface area contributed by atoms with Crippen molar-refractivity contribution in [3.8, 4) is 0 Å². The number of esters is 1. The fourth-order valence-corrected chi connectivity index (χ4v) is 4.22. The van der Waals surface area contributed by atoms with E-state index in [0.29, 0.717) is 17.7 Å². The van der Waals surface area contributed by atoms with Gasteiger partial charge in [0, 0.05) is 18.5 Å².